The Labute approximate surface area is 209 Å². The van der Waals surface area contributed by atoms with Gasteiger partial charge in [0.05, 0.1) is 24.7 Å². The van der Waals surface area contributed by atoms with E-state index in [1.54, 1.807) is 29.6 Å². The summed E-state index contributed by atoms with van der Waals surface area (Å²) in [5.74, 6) is 0.177. The summed E-state index contributed by atoms with van der Waals surface area (Å²) in [7, 11) is 1.49. The quantitative estimate of drug-likeness (QED) is 0.378. The molecule has 0 atom stereocenters. The third kappa shape index (κ3) is 6.16. The van der Waals surface area contributed by atoms with Crippen LogP contribution in [0.1, 0.15) is 57.3 Å². The van der Waals surface area contributed by atoms with E-state index in [2.05, 4.69) is 15.3 Å². The van der Waals surface area contributed by atoms with E-state index in [1.807, 2.05) is 29.8 Å². The number of carbonyl (C=O) groups is 2. The standard InChI is InChI=1S/C25H29ClN6O3/c1-17-4-5-20(24(33)28-8-3-10-31-13-9-27-16-31)23(29-17)18-6-11-32(12-7-18)25(34)19-14-21(26)30-22(15-19)35-2/h4-5,9,13-16,18H,3,6-8,10-12H2,1-2H3,(H,28,33). The molecule has 1 N–H and O–H groups in total. The molecule has 184 valence electrons. The summed E-state index contributed by atoms with van der Waals surface area (Å²) >= 11 is 6.04. The van der Waals surface area contributed by atoms with Crippen LogP contribution in [0.5, 0.6) is 5.88 Å². The van der Waals surface area contributed by atoms with Gasteiger partial charge < -0.3 is 19.5 Å². The molecule has 0 saturated carbocycles. The number of nitrogens with one attached hydrogen (secondary N) is 1. The van der Waals surface area contributed by atoms with E-state index >= 15 is 0 Å². The molecular weight excluding hydrogens is 468 g/mol. The third-order valence-corrected chi connectivity index (χ3v) is 6.34. The van der Waals surface area contributed by atoms with Crippen molar-refractivity contribution in [1.82, 2.24) is 29.7 Å². The smallest absolute Gasteiger partial charge is 0.254 e. The Bertz CT molecular complexity index is 1180. The summed E-state index contributed by atoms with van der Waals surface area (Å²) in [6, 6.07) is 6.86. The molecular formula is C25H29ClN6O3. The number of aryl methyl sites for hydroxylation is 2. The summed E-state index contributed by atoms with van der Waals surface area (Å²) in [6.45, 7) is 4.41. The Morgan fingerprint density at radius 2 is 2.00 bits per heavy atom. The van der Waals surface area contributed by atoms with Crippen molar-refractivity contribution >= 4 is 23.4 Å². The number of nitrogens with zero attached hydrogens (tertiary/aromatic N) is 5. The van der Waals surface area contributed by atoms with Crippen molar-refractivity contribution in [2.45, 2.75) is 38.6 Å². The number of rotatable bonds is 8. The number of carbonyl (C=O) groups excluding carboxylic acids is 2. The highest BCUT2D eigenvalue weighted by molar-refractivity contribution is 6.29. The van der Waals surface area contributed by atoms with Crippen molar-refractivity contribution in [3.8, 4) is 5.88 Å². The normalized spacial score (nSPS) is 14.1. The Kier molecular flexibility index (Phi) is 7.97. The number of likely N-dealkylation sites (tertiary alicyclic amines) is 1. The number of hydrogen-bond acceptors (Lipinski definition) is 6. The lowest BCUT2D eigenvalue weighted by atomic mass is 9.89. The summed E-state index contributed by atoms with van der Waals surface area (Å²) in [4.78, 5) is 40.6. The van der Waals surface area contributed by atoms with Gasteiger partial charge in [0.2, 0.25) is 5.88 Å². The number of halogens is 1. The summed E-state index contributed by atoms with van der Waals surface area (Å²) in [5, 5.41) is 3.23. The third-order valence-electron chi connectivity index (χ3n) is 6.14. The van der Waals surface area contributed by atoms with E-state index in [-0.39, 0.29) is 22.9 Å². The first-order valence-electron chi connectivity index (χ1n) is 11.7. The van der Waals surface area contributed by atoms with Crippen molar-refractivity contribution in [3.63, 3.8) is 0 Å². The number of methoxy groups -OCH3 is 1. The molecule has 0 bridgehead atoms. The van der Waals surface area contributed by atoms with Crippen LogP contribution < -0.4 is 10.1 Å². The van der Waals surface area contributed by atoms with Crippen LogP contribution in [0, 0.1) is 6.92 Å². The number of piperidine rings is 1. The molecule has 0 spiro atoms. The monoisotopic (exact) mass is 496 g/mol. The first-order valence-corrected chi connectivity index (χ1v) is 12.0. The molecule has 9 nitrogen and oxygen atoms in total. The molecule has 0 aromatic carbocycles. The lowest BCUT2D eigenvalue weighted by molar-refractivity contribution is 0.0710. The van der Waals surface area contributed by atoms with Gasteiger partial charge in [0.25, 0.3) is 11.8 Å². The minimum absolute atomic E-state index is 0.0983. The van der Waals surface area contributed by atoms with Gasteiger partial charge in [-0.2, -0.15) is 0 Å². The Balaban J connectivity index is 1.38. The second-order valence-electron chi connectivity index (χ2n) is 8.58. The predicted molar refractivity (Wildman–Crippen MR) is 132 cm³/mol. The van der Waals surface area contributed by atoms with Gasteiger partial charge in [0.1, 0.15) is 5.15 Å². The maximum Gasteiger partial charge on any atom is 0.254 e. The maximum absolute atomic E-state index is 13.0. The van der Waals surface area contributed by atoms with Crippen molar-refractivity contribution in [1.29, 1.82) is 0 Å². The van der Waals surface area contributed by atoms with Crippen molar-refractivity contribution in [2.24, 2.45) is 0 Å². The second-order valence-corrected chi connectivity index (χ2v) is 8.97. The van der Waals surface area contributed by atoms with E-state index in [1.165, 1.54) is 7.11 Å². The first kappa shape index (κ1) is 24.7. The van der Waals surface area contributed by atoms with Crippen LogP contribution in [0.15, 0.2) is 43.0 Å². The topological polar surface area (TPSA) is 102 Å². The van der Waals surface area contributed by atoms with E-state index in [0.717, 1.165) is 37.2 Å². The molecule has 10 heteroatoms. The highest BCUT2D eigenvalue weighted by Crippen LogP contribution is 2.30. The van der Waals surface area contributed by atoms with Gasteiger partial charge in [-0.1, -0.05) is 11.6 Å². The fourth-order valence-electron chi connectivity index (χ4n) is 4.30. The zero-order valence-corrected chi connectivity index (χ0v) is 20.7. The summed E-state index contributed by atoms with van der Waals surface area (Å²) in [5.41, 5.74) is 2.73. The Hall–Kier alpha value is -3.46. The Morgan fingerprint density at radius 3 is 2.71 bits per heavy atom. The number of ether oxygens (including phenoxy) is 1. The molecule has 1 aliphatic rings. The molecule has 3 aromatic heterocycles. The average Bonchev–Trinajstić information content (AvgIpc) is 3.39. The van der Waals surface area contributed by atoms with Crippen LogP contribution in [-0.2, 0) is 6.54 Å². The van der Waals surface area contributed by atoms with Crippen LogP contribution in [-0.4, -0.2) is 63.0 Å². The molecule has 1 fully saturated rings. The highest BCUT2D eigenvalue weighted by Gasteiger charge is 2.28. The molecule has 35 heavy (non-hydrogen) atoms. The van der Waals surface area contributed by atoms with Crippen LogP contribution >= 0.6 is 11.6 Å². The fourth-order valence-corrected chi connectivity index (χ4v) is 4.50. The lowest BCUT2D eigenvalue weighted by Crippen LogP contribution is -2.38. The molecule has 3 aromatic rings. The molecule has 1 saturated heterocycles. The largest absolute Gasteiger partial charge is 0.481 e. The van der Waals surface area contributed by atoms with Gasteiger partial charge >= 0.3 is 0 Å². The minimum atomic E-state index is -0.116. The van der Waals surface area contributed by atoms with E-state index in [9.17, 15) is 9.59 Å². The van der Waals surface area contributed by atoms with Crippen molar-refractivity contribution < 1.29 is 14.3 Å². The van der Waals surface area contributed by atoms with Crippen molar-refractivity contribution in [2.75, 3.05) is 26.7 Å². The van der Waals surface area contributed by atoms with Crippen LogP contribution in [0.25, 0.3) is 0 Å². The van der Waals surface area contributed by atoms with Crippen LogP contribution in [0.3, 0.4) is 0 Å². The lowest BCUT2D eigenvalue weighted by Gasteiger charge is -2.32. The average molecular weight is 497 g/mol. The van der Waals surface area contributed by atoms with Gasteiger partial charge in [0.15, 0.2) is 0 Å². The maximum atomic E-state index is 13.0. The number of imidazole rings is 1. The summed E-state index contributed by atoms with van der Waals surface area (Å²) in [6.07, 6.45) is 7.66. The fraction of sp³-hybridized carbons (Fsp3) is 0.400. The van der Waals surface area contributed by atoms with Gasteiger partial charge in [0, 0.05) is 61.8 Å². The van der Waals surface area contributed by atoms with Gasteiger partial charge in [-0.25, -0.2) is 9.97 Å². The minimum Gasteiger partial charge on any atom is -0.481 e. The van der Waals surface area contributed by atoms with Gasteiger partial charge in [-0.05, 0) is 44.4 Å². The van der Waals surface area contributed by atoms with E-state index in [0.29, 0.717) is 36.6 Å². The van der Waals surface area contributed by atoms with Crippen LogP contribution in [0.2, 0.25) is 5.15 Å². The number of hydrogen-bond donors (Lipinski definition) is 1. The van der Waals surface area contributed by atoms with Gasteiger partial charge in [-0.15, -0.1) is 0 Å². The zero-order valence-electron chi connectivity index (χ0n) is 19.9. The molecule has 2 amide bonds. The first-order chi connectivity index (χ1) is 16.9. The molecule has 4 rings (SSSR count). The highest BCUT2D eigenvalue weighted by atomic mass is 35.5. The SMILES string of the molecule is COc1cc(C(=O)N2CCC(c3nc(C)ccc3C(=O)NCCCn3ccnc3)CC2)cc(Cl)n1. The van der Waals surface area contributed by atoms with E-state index in [4.69, 9.17) is 21.3 Å². The molecule has 0 radical (unpaired) electrons. The second kappa shape index (κ2) is 11.3. The predicted octanol–water partition coefficient (Wildman–Crippen LogP) is 3.48. The zero-order chi connectivity index (χ0) is 24.8. The molecule has 4 heterocycles. The molecule has 0 unspecified atom stereocenters. The van der Waals surface area contributed by atoms with Gasteiger partial charge in [-0.3, -0.25) is 14.6 Å². The number of pyridine rings is 2. The Morgan fingerprint density at radius 1 is 1.20 bits per heavy atom. The van der Waals surface area contributed by atoms with E-state index < -0.39 is 0 Å². The molecule has 0 aliphatic carbocycles. The summed E-state index contributed by atoms with van der Waals surface area (Å²) < 4.78 is 7.11. The van der Waals surface area contributed by atoms with Crippen molar-refractivity contribution in [3.05, 3.63) is 70.7 Å². The molecule has 1 aliphatic heterocycles. The van der Waals surface area contributed by atoms with Crippen LogP contribution in [0.4, 0.5) is 0 Å². The number of aromatic nitrogens is 4. The number of amides is 2.